The van der Waals surface area contributed by atoms with Crippen molar-refractivity contribution in [3.8, 4) is 0 Å². The van der Waals surface area contributed by atoms with Crippen LogP contribution in [-0.4, -0.2) is 53.1 Å². The first-order chi connectivity index (χ1) is 19.2. The van der Waals surface area contributed by atoms with E-state index < -0.39 is 40.0 Å². The van der Waals surface area contributed by atoms with Gasteiger partial charge in [0.2, 0.25) is 5.91 Å². The van der Waals surface area contributed by atoms with Gasteiger partial charge in [0.05, 0.1) is 17.9 Å². The molecule has 0 rings (SSSR count). The van der Waals surface area contributed by atoms with E-state index in [1.807, 2.05) is 0 Å². The topological polar surface area (TPSA) is 124 Å². The number of hydrogen-bond acceptors (Lipinski definition) is 5. The normalized spacial score (nSPS) is 14.4. The Morgan fingerprint density at radius 3 is 1.52 bits per heavy atom. The Bertz CT molecular complexity index is 712. The van der Waals surface area contributed by atoms with Crippen LogP contribution < -0.4 is 5.32 Å². The van der Waals surface area contributed by atoms with Crippen LogP contribution in [0.2, 0.25) is 0 Å². The maximum absolute atomic E-state index is 12.5. The van der Waals surface area contributed by atoms with Crippen LogP contribution >= 0.6 is 0 Å². The molecule has 3 unspecified atom stereocenters. The minimum Gasteiger partial charge on any atom is -0.391 e. The quantitative estimate of drug-likeness (QED) is 0.0404. The summed E-state index contributed by atoms with van der Waals surface area (Å²) in [5.41, 5.74) is 0. The van der Waals surface area contributed by atoms with Gasteiger partial charge >= 0.3 is 0 Å². The fraction of sp³-hybridized carbons (Fsp3) is 0.906. The van der Waals surface area contributed by atoms with Crippen LogP contribution in [0, 0.1) is 0 Å². The van der Waals surface area contributed by atoms with E-state index in [4.69, 9.17) is 0 Å². The third-order valence-corrected chi connectivity index (χ3v) is 8.36. The minimum absolute atomic E-state index is 0.268. The summed E-state index contributed by atoms with van der Waals surface area (Å²) in [5, 5.41) is 23.3. The highest BCUT2D eigenvalue weighted by Gasteiger charge is 2.28. The van der Waals surface area contributed by atoms with Crippen LogP contribution in [-0.2, 0) is 14.9 Å². The van der Waals surface area contributed by atoms with Gasteiger partial charge in [0, 0.05) is 0 Å². The molecule has 1 amide bonds. The molecular weight excluding hydrogens is 526 g/mol. The van der Waals surface area contributed by atoms with Gasteiger partial charge in [-0.05, 0) is 38.5 Å². The van der Waals surface area contributed by atoms with Gasteiger partial charge in [0.25, 0.3) is 10.1 Å². The fourth-order valence-electron chi connectivity index (χ4n) is 4.98. The molecule has 7 nitrogen and oxygen atoms in total. The molecule has 0 bridgehead atoms. The van der Waals surface area contributed by atoms with E-state index in [9.17, 15) is 28.0 Å². The van der Waals surface area contributed by atoms with Gasteiger partial charge in [-0.2, -0.15) is 8.42 Å². The third kappa shape index (κ3) is 26.0. The van der Waals surface area contributed by atoms with Gasteiger partial charge in [-0.15, -0.1) is 0 Å². The predicted molar refractivity (Wildman–Crippen MR) is 167 cm³/mol. The molecule has 4 N–H and O–H groups in total. The molecule has 40 heavy (non-hydrogen) atoms. The predicted octanol–water partition coefficient (Wildman–Crippen LogP) is 7.65. The van der Waals surface area contributed by atoms with E-state index in [0.29, 0.717) is 19.3 Å². The summed E-state index contributed by atoms with van der Waals surface area (Å²) in [6.45, 7) is 4.44. The number of carbonyl (C=O) groups is 1. The number of allylic oxidation sites excluding steroid dienone is 2. The van der Waals surface area contributed by atoms with Crippen molar-refractivity contribution in [1.82, 2.24) is 5.32 Å². The van der Waals surface area contributed by atoms with Crippen molar-refractivity contribution in [2.45, 2.75) is 180 Å². The second-order valence-electron chi connectivity index (χ2n) is 11.6. The van der Waals surface area contributed by atoms with Crippen molar-refractivity contribution in [2.24, 2.45) is 0 Å². The number of aliphatic hydroxyl groups is 2. The third-order valence-electron chi connectivity index (χ3n) is 7.58. The molecule has 0 heterocycles. The number of aliphatic hydroxyl groups excluding tert-OH is 2. The summed E-state index contributed by atoms with van der Waals surface area (Å²) in [4.78, 5) is 12.5. The van der Waals surface area contributed by atoms with E-state index in [1.165, 1.54) is 83.5 Å². The largest absolute Gasteiger partial charge is 0.391 e. The lowest BCUT2D eigenvalue weighted by atomic mass is 10.0. The first-order valence-electron chi connectivity index (χ1n) is 16.5. The molecule has 0 saturated carbocycles. The summed E-state index contributed by atoms with van der Waals surface area (Å²) in [6, 6.07) is -1.15. The molecule has 0 aromatic rings. The summed E-state index contributed by atoms with van der Waals surface area (Å²) in [6.07, 6.45) is 26.6. The highest BCUT2D eigenvalue weighted by atomic mass is 32.2. The maximum atomic E-state index is 12.5. The zero-order valence-corrected chi connectivity index (χ0v) is 26.6. The van der Waals surface area contributed by atoms with Gasteiger partial charge in [-0.25, -0.2) is 0 Å². The number of hydrogen-bond donors (Lipinski definition) is 4. The van der Waals surface area contributed by atoms with E-state index >= 15 is 0 Å². The summed E-state index contributed by atoms with van der Waals surface area (Å²) in [5.74, 6) is -1.47. The average Bonchev–Trinajstić information content (AvgIpc) is 2.90. The second kappa shape index (κ2) is 26.9. The summed E-state index contributed by atoms with van der Waals surface area (Å²) in [7, 11) is -4.40. The summed E-state index contributed by atoms with van der Waals surface area (Å²) >= 11 is 0. The monoisotopic (exact) mass is 589 g/mol. The summed E-state index contributed by atoms with van der Waals surface area (Å²) < 4.78 is 32.3. The fourth-order valence-corrected chi connectivity index (χ4v) is 5.74. The van der Waals surface area contributed by atoms with Crippen LogP contribution in [0.15, 0.2) is 12.2 Å². The van der Waals surface area contributed by atoms with Crippen molar-refractivity contribution >= 4 is 16.0 Å². The van der Waals surface area contributed by atoms with Crippen LogP contribution in [0.1, 0.15) is 162 Å². The molecule has 0 aliphatic rings. The van der Waals surface area contributed by atoms with Gasteiger partial charge in [-0.3, -0.25) is 9.35 Å². The number of nitrogens with one attached hydrogen (secondary N) is 1. The SMILES string of the molecule is CCCCCCCC/C=C\CCCCC(O)C(=O)NC(CS(=O)(=O)O)C(O)CCCCCCCCCCCCC. The molecule has 0 spiro atoms. The Hall–Kier alpha value is -0.960. The molecule has 238 valence electrons. The number of rotatable bonds is 29. The molecule has 0 aromatic heterocycles. The van der Waals surface area contributed by atoms with E-state index in [2.05, 4.69) is 31.3 Å². The lowest BCUT2D eigenvalue weighted by Crippen LogP contribution is -2.50. The van der Waals surface area contributed by atoms with Crippen molar-refractivity contribution in [2.75, 3.05) is 5.75 Å². The maximum Gasteiger partial charge on any atom is 0.266 e. The lowest BCUT2D eigenvalue weighted by molar-refractivity contribution is -0.131. The Morgan fingerprint density at radius 2 is 1.05 bits per heavy atom. The molecule has 0 aromatic carbocycles. The molecule has 3 atom stereocenters. The van der Waals surface area contributed by atoms with Crippen molar-refractivity contribution < 1.29 is 28.0 Å². The highest BCUT2D eigenvalue weighted by molar-refractivity contribution is 7.85. The Morgan fingerprint density at radius 1 is 0.650 bits per heavy atom. The van der Waals surface area contributed by atoms with Crippen LogP contribution in [0.5, 0.6) is 0 Å². The molecule has 0 aliphatic heterocycles. The number of unbranched alkanes of at least 4 members (excludes halogenated alkanes) is 18. The highest BCUT2D eigenvalue weighted by Crippen LogP contribution is 2.15. The van der Waals surface area contributed by atoms with E-state index in [0.717, 1.165) is 38.5 Å². The molecule has 0 fully saturated rings. The van der Waals surface area contributed by atoms with Crippen molar-refractivity contribution in [1.29, 1.82) is 0 Å². The first kappa shape index (κ1) is 39.0. The minimum atomic E-state index is -4.40. The van der Waals surface area contributed by atoms with E-state index in [-0.39, 0.29) is 6.42 Å². The lowest BCUT2D eigenvalue weighted by Gasteiger charge is -2.24. The first-order valence-corrected chi connectivity index (χ1v) is 18.1. The molecule has 0 aliphatic carbocycles. The van der Waals surface area contributed by atoms with Gasteiger partial charge < -0.3 is 15.5 Å². The van der Waals surface area contributed by atoms with Crippen molar-refractivity contribution in [3.63, 3.8) is 0 Å². The van der Waals surface area contributed by atoms with Crippen molar-refractivity contribution in [3.05, 3.63) is 12.2 Å². The standard InChI is InChI=1S/C32H63NO6S/c1-3-5-7-9-11-13-15-17-19-21-23-25-27-31(35)32(36)33-29(28-40(37,38)39)30(34)26-24-22-20-18-16-14-12-10-8-6-4-2/h17,19,29-31,34-35H,3-16,18,20-28H2,1-2H3,(H,33,36)(H,37,38,39)/b19-17-. The van der Waals surface area contributed by atoms with Gasteiger partial charge in [0.1, 0.15) is 6.10 Å². The van der Waals surface area contributed by atoms with Crippen LogP contribution in [0.4, 0.5) is 0 Å². The number of carbonyl (C=O) groups excluding carboxylic acids is 1. The Balaban J connectivity index is 4.17. The zero-order chi connectivity index (χ0) is 29.9. The molecule has 0 saturated heterocycles. The van der Waals surface area contributed by atoms with Crippen LogP contribution in [0.3, 0.4) is 0 Å². The second-order valence-corrected chi connectivity index (χ2v) is 13.1. The number of amides is 1. The molecular formula is C32H63NO6S. The van der Waals surface area contributed by atoms with Gasteiger partial charge in [0.15, 0.2) is 0 Å². The molecule has 0 radical (unpaired) electrons. The Kier molecular flexibility index (Phi) is 26.3. The smallest absolute Gasteiger partial charge is 0.266 e. The van der Waals surface area contributed by atoms with Gasteiger partial charge in [-0.1, -0.05) is 135 Å². The zero-order valence-electron chi connectivity index (χ0n) is 25.8. The average molecular weight is 590 g/mol. The van der Waals surface area contributed by atoms with E-state index in [1.54, 1.807) is 0 Å². The van der Waals surface area contributed by atoms with Crippen LogP contribution in [0.25, 0.3) is 0 Å². The Labute approximate surface area is 246 Å². The molecule has 8 heteroatoms.